The minimum Gasteiger partial charge on any atom is -0.480 e. The van der Waals surface area contributed by atoms with Crippen LogP contribution in [0.4, 0.5) is 0 Å². The zero-order valence-corrected chi connectivity index (χ0v) is 9.17. The number of carboxylic acids is 1. The Morgan fingerprint density at radius 3 is 2.67 bits per heavy atom. The zero-order chi connectivity index (χ0) is 11.5. The van der Waals surface area contributed by atoms with E-state index in [4.69, 9.17) is 9.84 Å². The van der Waals surface area contributed by atoms with Gasteiger partial charge in [0.25, 0.3) is 0 Å². The Morgan fingerprint density at radius 1 is 1.60 bits per heavy atom. The molecule has 1 rings (SSSR count). The summed E-state index contributed by atoms with van der Waals surface area (Å²) in [6, 6.07) is -0.716. The van der Waals surface area contributed by atoms with Gasteiger partial charge in [0.2, 0.25) is 0 Å². The van der Waals surface area contributed by atoms with Crippen molar-refractivity contribution in [2.24, 2.45) is 0 Å². The Morgan fingerprint density at radius 2 is 2.27 bits per heavy atom. The van der Waals surface area contributed by atoms with E-state index in [1.807, 2.05) is 20.8 Å². The Kier molecular flexibility index (Phi) is 3.47. The average molecular weight is 212 g/mol. The number of hydrogen-bond donors (Lipinski definition) is 1. The first-order valence-corrected chi connectivity index (χ1v) is 4.74. The van der Waals surface area contributed by atoms with Crippen LogP contribution in [-0.4, -0.2) is 32.8 Å². The van der Waals surface area contributed by atoms with Gasteiger partial charge in [0.05, 0.1) is 18.5 Å². The molecule has 0 saturated heterocycles. The molecule has 5 heteroatoms. The summed E-state index contributed by atoms with van der Waals surface area (Å²) in [6.07, 6.45) is 4.64. The number of carbonyl (C=O) groups is 1. The van der Waals surface area contributed by atoms with Gasteiger partial charge in [-0.3, -0.25) is 0 Å². The molecule has 5 nitrogen and oxygen atoms in total. The van der Waals surface area contributed by atoms with Crippen molar-refractivity contribution < 1.29 is 14.6 Å². The van der Waals surface area contributed by atoms with Gasteiger partial charge in [-0.25, -0.2) is 9.78 Å². The normalized spacial score (nSPS) is 13.8. The van der Waals surface area contributed by atoms with Crippen LogP contribution in [0.5, 0.6) is 0 Å². The molecule has 0 aliphatic rings. The molecule has 1 aromatic heterocycles. The second-order valence-corrected chi connectivity index (χ2v) is 4.29. The molecule has 1 N–H and O–H groups in total. The number of imidazole rings is 1. The second kappa shape index (κ2) is 4.44. The van der Waals surface area contributed by atoms with Gasteiger partial charge in [0.1, 0.15) is 0 Å². The summed E-state index contributed by atoms with van der Waals surface area (Å²) < 4.78 is 6.97. The lowest BCUT2D eigenvalue weighted by Gasteiger charge is -2.22. The predicted molar refractivity (Wildman–Crippen MR) is 54.6 cm³/mol. The van der Waals surface area contributed by atoms with Crippen LogP contribution in [0.25, 0.3) is 0 Å². The molecule has 84 valence electrons. The van der Waals surface area contributed by atoms with Crippen molar-refractivity contribution in [1.82, 2.24) is 9.55 Å². The predicted octanol–water partition coefficient (Wildman–Crippen LogP) is 1.32. The maximum atomic E-state index is 11.0. The molecule has 1 heterocycles. The van der Waals surface area contributed by atoms with Crippen LogP contribution in [0.2, 0.25) is 0 Å². The van der Waals surface area contributed by atoms with Gasteiger partial charge in [-0.15, -0.1) is 0 Å². The standard InChI is InChI=1S/C10H16N2O3/c1-10(2,3)15-6-8(9(13)14)12-5-4-11-7-12/h4-5,7-8H,6H2,1-3H3,(H,13,14). The fourth-order valence-corrected chi connectivity index (χ4v) is 1.07. The van der Waals surface area contributed by atoms with Crippen molar-refractivity contribution in [3.05, 3.63) is 18.7 Å². The van der Waals surface area contributed by atoms with Gasteiger partial charge in [-0.1, -0.05) is 0 Å². The summed E-state index contributed by atoms with van der Waals surface area (Å²) >= 11 is 0. The molecular formula is C10H16N2O3. The Bertz CT molecular complexity index is 314. The summed E-state index contributed by atoms with van der Waals surface area (Å²) in [5.41, 5.74) is -0.339. The van der Waals surface area contributed by atoms with Gasteiger partial charge in [-0.2, -0.15) is 0 Å². The third-order valence-electron chi connectivity index (χ3n) is 1.84. The minimum absolute atomic E-state index is 0.134. The first-order chi connectivity index (χ1) is 6.90. The fraction of sp³-hybridized carbons (Fsp3) is 0.600. The quantitative estimate of drug-likeness (QED) is 0.817. The maximum Gasteiger partial charge on any atom is 0.329 e. The lowest BCUT2D eigenvalue weighted by molar-refractivity contribution is -0.144. The lowest BCUT2D eigenvalue weighted by Crippen LogP contribution is -2.29. The third kappa shape index (κ3) is 3.71. The van der Waals surface area contributed by atoms with Gasteiger partial charge >= 0.3 is 5.97 Å². The molecule has 1 aromatic rings. The highest BCUT2D eigenvalue weighted by molar-refractivity contribution is 5.72. The number of hydrogen-bond acceptors (Lipinski definition) is 3. The molecule has 0 bridgehead atoms. The second-order valence-electron chi connectivity index (χ2n) is 4.29. The molecule has 0 aliphatic carbocycles. The molecule has 0 spiro atoms. The first-order valence-electron chi connectivity index (χ1n) is 4.74. The monoisotopic (exact) mass is 212 g/mol. The molecule has 0 amide bonds. The van der Waals surface area contributed by atoms with Gasteiger partial charge in [0, 0.05) is 12.4 Å². The maximum absolute atomic E-state index is 11.0. The number of rotatable bonds is 4. The molecule has 0 fully saturated rings. The van der Waals surface area contributed by atoms with Crippen molar-refractivity contribution >= 4 is 5.97 Å². The molecule has 0 aromatic carbocycles. The highest BCUT2D eigenvalue weighted by Gasteiger charge is 2.22. The number of nitrogens with zero attached hydrogens (tertiary/aromatic N) is 2. The van der Waals surface area contributed by atoms with Crippen LogP contribution in [0.3, 0.4) is 0 Å². The minimum atomic E-state index is -0.919. The van der Waals surface area contributed by atoms with Crippen LogP contribution in [-0.2, 0) is 9.53 Å². The van der Waals surface area contributed by atoms with Crippen molar-refractivity contribution in [1.29, 1.82) is 0 Å². The van der Waals surface area contributed by atoms with E-state index in [2.05, 4.69) is 4.98 Å². The lowest BCUT2D eigenvalue weighted by atomic mass is 10.2. The highest BCUT2D eigenvalue weighted by Crippen LogP contribution is 2.13. The van der Waals surface area contributed by atoms with Gasteiger partial charge in [0.15, 0.2) is 6.04 Å². The van der Waals surface area contributed by atoms with Crippen molar-refractivity contribution in [2.75, 3.05) is 6.61 Å². The summed E-state index contributed by atoms with van der Waals surface area (Å²) in [5.74, 6) is -0.919. The molecule has 0 radical (unpaired) electrons. The molecule has 0 saturated carbocycles. The van der Waals surface area contributed by atoms with Crippen molar-refractivity contribution in [3.8, 4) is 0 Å². The van der Waals surface area contributed by atoms with E-state index in [1.165, 1.54) is 10.9 Å². The van der Waals surface area contributed by atoms with E-state index in [0.29, 0.717) is 0 Å². The van der Waals surface area contributed by atoms with E-state index in [9.17, 15) is 4.79 Å². The Labute approximate surface area is 88.7 Å². The molecular weight excluding hydrogens is 196 g/mol. The van der Waals surface area contributed by atoms with Crippen LogP contribution < -0.4 is 0 Å². The van der Waals surface area contributed by atoms with Crippen molar-refractivity contribution in [2.45, 2.75) is 32.4 Å². The largest absolute Gasteiger partial charge is 0.480 e. The molecule has 1 unspecified atom stereocenters. The topological polar surface area (TPSA) is 64.3 Å². The number of aromatic nitrogens is 2. The van der Waals surface area contributed by atoms with E-state index in [1.54, 1.807) is 12.4 Å². The van der Waals surface area contributed by atoms with E-state index in [0.717, 1.165) is 0 Å². The summed E-state index contributed by atoms with van der Waals surface area (Å²) in [7, 11) is 0. The molecule has 1 atom stereocenters. The van der Waals surface area contributed by atoms with E-state index >= 15 is 0 Å². The number of ether oxygens (including phenoxy) is 1. The number of aliphatic carboxylic acids is 1. The van der Waals surface area contributed by atoms with Crippen LogP contribution >= 0.6 is 0 Å². The first kappa shape index (κ1) is 11.7. The number of carboxylic acid groups (broad SMARTS) is 1. The molecule has 0 aliphatic heterocycles. The zero-order valence-electron chi connectivity index (χ0n) is 9.17. The Balaban J connectivity index is 2.65. The highest BCUT2D eigenvalue weighted by atomic mass is 16.5. The van der Waals surface area contributed by atoms with Crippen LogP contribution in [0.15, 0.2) is 18.7 Å². The van der Waals surface area contributed by atoms with Crippen molar-refractivity contribution in [3.63, 3.8) is 0 Å². The summed E-state index contributed by atoms with van der Waals surface area (Å²) in [6.45, 7) is 5.80. The smallest absolute Gasteiger partial charge is 0.329 e. The fourth-order valence-electron chi connectivity index (χ4n) is 1.07. The van der Waals surface area contributed by atoms with Gasteiger partial charge in [-0.05, 0) is 20.8 Å². The third-order valence-corrected chi connectivity index (χ3v) is 1.84. The Hall–Kier alpha value is -1.36. The van der Waals surface area contributed by atoms with E-state index < -0.39 is 12.0 Å². The molecule has 15 heavy (non-hydrogen) atoms. The summed E-state index contributed by atoms with van der Waals surface area (Å²) in [4.78, 5) is 14.8. The van der Waals surface area contributed by atoms with Crippen LogP contribution in [0.1, 0.15) is 26.8 Å². The van der Waals surface area contributed by atoms with Gasteiger partial charge < -0.3 is 14.4 Å². The summed E-state index contributed by atoms with van der Waals surface area (Å²) in [5, 5.41) is 9.01. The average Bonchev–Trinajstić information content (AvgIpc) is 2.54. The van der Waals surface area contributed by atoms with E-state index in [-0.39, 0.29) is 12.2 Å². The van der Waals surface area contributed by atoms with Crippen LogP contribution in [0, 0.1) is 0 Å². The SMILES string of the molecule is CC(C)(C)OCC(C(=O)O)n1ccnc1.